The number of rotatable bonds is 6. The van der Waals surface area contributed by atoms with E-state index in [0.717, 1.165) is 42.5 Å². The van der Waals surface area contributed by atoms with Gasteiger partial charge in [-0.2, -0.15) is 0 Å². The predicted octanol–water partition coefficient (Wildman–Crippen LogP) is 5.42. The first kappa shape index (κ1) is 24.2. The summed E-state index contributed by atoms with van der Waals surface area (Å²) in [6, 6.07) is 21.8. The summed E-state index contributed by atoms with van der Waals surface area (Å²) in [5, 5.41) is 3.34. The van der Waals surface area contributed by atoms with E-state index in [1.165, 1.54) is 12.8 Å². The lowest BCUT2D eigenvalue weighted by Crippen LogP contribution is -2.64. The van der Waals surface area contributed by atoms with Crippen molar-refractivity contribution in [1.29, 1.82) is 0 Å². The maximum Gasteiger partial charge on any atom is 0.271 e. The number of ether oxygens (including phenoxy) is 1. The Morgan fingerprint density at radius 2 is 1.61 bits per heavy atom. The van der Waals surface area contributed by atoms with Crippen LogP contribution in [0.4, 0.5) is 0 Å². The molecule has 1 aromatic heterocycles. The standard InChI is InChI=1S/C30H35N3O3/c1-30(29(35)31-24-15-8-3-4-9-16-24)21-32-25(22-12-6-5-7-13-22)18-19-26(32)28(34)33(30)20-23-14-10-11-17-27(23)36-2/h5-7,10-14,17-19,24H,3-4,8-9,15-16,20-21H2,1-2H3,(H,31,35)/t30-/m0/s1. The summed E-state index contributed by atoms with van der Waals surface area (Å²) in [7, 11) is 1.63. The van der Waals surface area contributed by atoms with Gasteiger partial charge in [-0.3, -0.25) is 9.59 Å². The van der Waals surface area contributed by atoms with Gasteiger partial charge >= 0.3 is 0 Å². The van der Waals surface area contributed by atoms with Crippen LogP contribution in [0.15, 0.2) is 66.7 Å². The molecule has 1 N–H and O–H groups in total. The maximum absolute atomic E-state index is 14.0. The summed E-state index contributed by atoms with van der Waals surface area (Å²) >= 11 is 0. The molecule has 1 aliphatic heterocycles. The molecule has 0 bridgehead atoms. The number of nitrogens with zero attached hydrogens (tertiary/aromatic N) is 2. The number of benzene rings is 2. The molecule has 0 unspecified atom stereocenters. The van der Waals surface area contributed by atoms with Crippen molar-refractivity contribution >= 4 is 11.8 Å². The largest absolute Gasteiger partial charge is 0.496 e. The third kappa shape index (κ3) is 4.52. The van der Waals surface area contributed by atoms with Crippen LogP contribution in [0, 0.1) is 0 Å². The Bertz CT molecular complexity index is 1230. The summed E-state index contributed by atoms with van der Waals surface area (Å²) in [5.41, 5.74) is 2.40. The second kappa shape index (κ2) is 10.2. The lowest BCUT2D eigenvalue weighted by molar-refractivity contribution is -0.134. The van der Waals surface area contributed by atoms with Gasteiger partial charge in [-0.15, -0.1) is 0 Å². The Morgan fingerprint density at radius 3 is 2.33 bits per heavy atom. The van der Waals surface area contributed by atoms with Gasteiger partial charge in [0, 0.05) is 17.3 Å². The first-order valence-electron chi connectivity index (χ1n) is 13.0. The number of hydrogen-bond acceptors (Lipinski definition) is 3. The highest BCUT2D eigenvalue weighted by molar-refractivity contribution is 6.00. The Morgan fingerprint density at radius 1 is 0.944 bits per heavy atom. The van der Waals surface area contributed by atoms with Gasteiger partial charge in [0.05, 0.1) is 20.2 Å². The molecule has 0 saturated heterocycles. The molecular weight excluding hydrogens is 450 g/mol. The average Bonchev–Trinajstić information content (AvgIpc) is 3.14. The van der Waals surface area contributed by atoms with E-state index < -0.39 is 5.54 Å². The Hall–Kier alpha value is -3.54. The molecule has 2 aromatic carbocycles. The molecule has 0 spiro atoms. The number of nitrogens with one attached hydrogen (secondary N) is 1. The van der Waals surface area contributed by atoms with Gasteiger partial charge < -0.3 is 19.5 Å². The van der Waals surface area contributed by atoms with Gasteiger partial charge in [0.1, 0.15) is 17.0 Å². The molecule has 1 aliphatic carbocycles. The molecule has 5 rings (SSSR count). The average molecular weight is 486 g/mol. The maximum atomic E-state index is 14.0. The SMILES string of the molecule is COc1ccccc1CN1C(=O)c2ccc(-c3ccccc3)n2C[C@@]1(C)C(=O)NC1CCCCCC1. The molecule has 6 nitrogen and oxygen atoms in total. The van der Waals surface area contributed by atoms with E-state index in [-0.39, 0.29) is 17.9 Å². The van der Waals surface area contributed by atoms with Gasteiger partial charge in [-0.1, -0.05) is 74.2 Å². The number of para-hydroxylation sites is 1. The van der Waals surface area contributed by atoms with E-state index in [2.05, 4.69) is 5.32 Å². The van der Waals surface area contributed by atoms with Gasteiger partial charge in [0.2, 0.25) is 5.91 Å². The van der Waals surface area contributed by atoms with Crippen LogP contribution in [0.2, 0.25) is 0 Å². The zero-order valence-corrected chi connectivity index (χ0v) is 21.2. The number of aromatic nitrogens is 1. The molecule has 2 aliphatic rings. The lowest BCUT2D eigenvalue weighted by atomic mass is 9.92. The predicted molar refractivity (Wildman–Crippen MR) is 141 cm³/mol. The van der Waals surface area contributed by atoms with Crippen molar-refractivity contribution < 1.29 is 14.3 Å². The highest BCUT2D eigenvalue weighted by Gasteiger charge is 2.48. The lowest BCUT2D eigenvalue weighted by Gasteiger charge is -2.45. The Balaban J connectivity index is 1.54. The minimum Gasteiger partial charge on any atom is -0.496 e. The first-order valence-corrected chi connectivity index (χ1v) is 13.0. The molecule has 188 valence electrons. The smallest absolute Gasteiger partial charge is 0.271 e. The van der Waals surface area contributed by atoms with Crippen LogP contribution in [-0.2, 0) is 17.9 Å². The highest BCUT2D eigenvalue weighted by Crippen LogP contribution is 2.35. The number of amides is 2. The van der Waals surface area contributed by atoms with Crippen LogP contribution in [0.1, 0.15) is 61.5 Å². The van der Waals surface area contributed by atoms with E-state index in [1.54, 1.807) is 12.0 Å². The first-order chi connectivity index (χ1) is 17.5. The zero-order chi connectivity index (χ0) is 25.1. The summed E-state index contributed by atoms with van der Waals surface area (Å²) in [4.78, 5) is 29.8. The summed E-state index contributed by atoms with van der Waals surface area (Å²) in [6.45, 7) is 2.59. The summed E-state index contributed by atoms with van der Waals surface area (Å²) in [6.07, 6.45) is 6.68. The normalized spacial score (nSPS) is 20.5. The molecule has 36 heavy (non-hydrogen) atoms. The second-order valence-corrected chi connectivity index (χ2v) is 10.2. The third-order valence-electron chi connectivity index (χ3n) is 7.78. The number of fused-ring (bicyclic) bond motifs is 1. The quantitative estimate of drug-likeness (QED) is 0.475. The van der Waals surface area contributed by atoms with E-state index in [0.29, 0.717) is 24.5 Å². The van der Waals surface area contributed by atoms with Crippen LogP contribution in [0.3, 0.4) is 0 Å². The molecular formula is C30H35N3O3. The Kier molecular flexibility index (Phi) is 6.86. The van der Waals surface area contributed by atoms with E-state index >= 15 is 0 Å². The molecule has 0 radical (unpaired) electrons. The minimum absolute atomic E-state index is 0.0870. The van der Waals surface area contributed by atoms with Crippen molar-refractivity contribution in [3.63, 3.8) is 0 Å². The summed E-state index contributed by atoms with van der Waals surface area (Å²) < 4.78 is 7.59. The summed E-state index contributed by atoms with van der Waals surface area (Å²) in [5.74, 6) is 0.478. The van der Waals surface area contributed by atoms with Crippen LogP contribution in [0.25, 0.3) is 11.3 Å². The number of hydrogen-bond donors (Lipinski definition) is 1. The van der Waals surface area contributed by atoms with Crippen LogP contribution in [0.5, 0.6) is 5.75 Å². The van der Waals surface area contributed by atoms with Crippen LogP contribution in [-0.4, -0.2) is 40.0 Å². The van der Waals surface area contributed by atoms with Crippen molar-refractivity contribution in [2.75, 3.05) is 7.11 Å². The molecule has 1 saturated carbocycles. The van der Waals surface area contributed by atoms with E-state index in [9.17, 15) is 9.59 Å². The minimum atomic E-state index is -1.06. The number of carbonyl (C=O) groups excluding carboxylic acids is 2. The Labute approximate surface area is 213 Å². The number of methoxy groups -OCH3 is 1. The monoisotopic (exact) mass is 485 g/mol. The fourth-order valence-electron chi connectivity index (χ4n) is 5.65. The van der Waals surface area contributed by atoms with E-state index in [4.69, 9.17) is 4.74 Å². The molecule has 2 amide bonds. The fourth-order valence-corrected chi connectivity index (χ4v) is 5.65. The van der Waals surface area contributed by atoms with Crippen molar-refractivity contribution in [2.45, 2.75) is 70.1 Å². The van der Waals surface area contributed by atoms with Gasteiger partial charge in [-0.25, -0.2) is 0 Å². The van der Waals surface area contributed by atoms with Crippen LogP contribution >= 0.6 is 0 Å². The zero-order valence-electron chi connectivity index (χ0n) is 21.2. The van der Waals surface area contributed by atoms with Crippen LogP contribution < -0.4 is 10.1 Å². The van der Waals surface area contributed by atoms with E-state index in [1.807, 2.05) is 78.2 Å². The molecule has 3 aromatic rings. The van der Waals surface area contributed by atoms with Crippen molar-refractivity contribution in [1.82, 2.24) is 14.8 Å². The second-order valence-electron chi connectivity index (χ2n) is 10.2. The molecule has 1 fully saturated rings. The molecule has 2 heterocycles. The van der Waals surface area contributed by atoms with Gasteiger partial charge in [0.25, 0.3) is 5.91 Å². The fraction of sp³-hybridized carbons (Fsp3) is 0.400. The highest BCUT2D eigenvalue weighted by atomic mass is 16.5. The van der Waals surface area contributed by atoms with Crippen molar-refractivity contribution in [3.05, 3.63) is 78.0 Å². The van der Waals surface area contributed by atoms with Crippen molar-refractivity contribution in [3.8, 4) is 17.0 Å². The third-order valence-corrected chi connectivity index (χ3v) is 7.78. The number of carbonyl (C=O) groups is 2. The molecule has 1 atom stereocenters. The van der Waals surface area contributed by atoms with Crippen molar-refractivity contribution in [2.24, 2.45) is 0 Å². The van der Waals surface area contributed by atoms with Gasteiger partial charge in [0.15, 0.2) is 0 Å². The van der Waals surface area contributed by atoms with Gasteiger partial charge in [-0.05, 0) is 43.5 Å². The topological polar surface area (TPSA) is 63.6 Å². The molecule has 6 heteroatoms.